The van der Waals surface area contributed by atoms with Crippen molar-refractivity contribution in [3.05, 3.63) is 64.1 Å². The number of pyridine rings is 1. The lowest BCUT2D eigenvalue weighted by Gasteiger charge is -2.13. The number of fused-ring (bicyclic) bond motifs is 1. The molecule has 2 aromatic heterocycles. The summed E-state index contributed by atoms with van der Waals surface area (Å²) in [5.41, 5.74) is 5.29. The van der Waals surface area contributed by atoms with E-state index in [9.17, 15) is 9.59 Å². The summed E-state index contributed by atoms with van der Waals surface area (Å²) in [5, 5.41) is 0.919. The van der Waals surface area contributed by atoms with E-state index in [0.717, 1.165) is 27.9 Å². The van der Waals surface area contributed by atoms with E-state index in [2.05, 4.69) is 4.98 Å². The lowest BCUT2D eigenvalue weighted by atomic mass is 10.0. The van der Waals surface area contributed by atoms with Crippen LogP contribution >= 0.6 is 0 Å². The Morgan fingerprint density at radius 2 is 1.85 bits per heavy atom. The zero-order valence-electron chi connectivity index (χ0n) is 16.4. The van der Waals surface area contributed by atoms with Gasteiger partial charge in [0.2, 0.25) is 5.78 Å². The maximum Gasteiger partial charge on any atom is 0.340 e. The zero-order chi connectivity index (χ0) is 19.7. The quantitative estimate of drug-likeness (QED) is 0.505. The van der Waals surface area contributed by atoms with Crippen molar-refractivity contribution in [2.75, 3.05) is 6.61 Å². The molecule has 0 radical (unpaired) electrons. The molecule has 0 amide bonds. The molecular formula is C22H24N2O3. The first-order valence-electron chi connectivity index (χ1n) is 9.06. The topological polar surface area (TPSA) is 61.2 Å². The number of aryl methyl sites for hydroxylation is 3. The molecule has 0 aliphatic heterocycles. The summed E-state index contributed by atoms with van der Waals surface area (Å²) in [7, 11) is 1.91. The molecule has 0 fully saturated rings. The number of rotatable bonds is 5. The monoisotopic (exact) mass is 364 g/mol. The lowest BCUT2D eigenvalue weighted by molar-refractivity contribution is 0.0472. The number of ketones is 1. The molecule has 0 atom stereocenters. The molecule has 3 rings (SSSR count). The Kier molecular flexibility index (Phi) is 5.13. The van der Waals surface area contributed by atoms with Gasteiger partial charge in [0.25, 0.3) is 0 Å². The van der Waals surface area contributed by atoms with E-state index < -0.39 is 5.97 Å². The summed E-state index contributed by atoms with van der Waals surface area (Å²) < 4.78 is 7.33. The van der Waals surface area contributed by atoms with Gasteiger partial charge in [-0.1, -0.05) is 25.1 Å². The first-order chi connectivity index (χ1) is 12.8. The van der Waals surface area contributed by atoms with Crippen molar-refractivity contribution in [3.8, 4) is 0 Å². The number of aromatic nitrogens is 2. The van der Waals surface area contributed by atoms with Crippen LogP contribution in [0.15, 0.2) is 30.3 Å². The molecule has 140 valence electrons. The number of carbonyl (C=O) groups excluding carboxylic acids is 2. The van der Waals surface area contributed by atoms with Crippen LogP contribution in [0.2, 0.25) is 0 Å². The number of nitrogens with zero attached hydrogens (tertiary/aromatic N) is 2. The molecule has 0 N–H and O–H groups in total. The summed E-state index contributed by atoms with van der Waals surface area (Å²) in [6.45, 7) is 7.39. The Labute approximate surface area is 159 Å². The molecule has 0 spiro atoms. The summed E-state index contributed by atoms with van der Waals surface area (Å²) in [5.74, 6) is -0.699. The largest absolute Gasteiger partial charge is 0.454 e. The molecule has 5 nitrogen and oxygen atoms in total. The summed E-state index contributed by atoms with van der Waals surface area (Å²) in [4.78, 5) is 29.9. The van der Waals surface area contributed by atoms with Crippen LogP contribution in [0.3, 0.4) is 0 Å². The van der Waals surface area contributed by atoms with Crippen LogP contribution < -0.4 is 0 Å². The highest BCUT2D eigenvalue weighted by Crippen LogP contribution is 2.24. The Hall–Kier alpha value is -2.95. The van der Waals surface area contributed by atoms with Gasteiger partial charge in [0.05, 0.1) is 16.8 Å². The Morgan fingerprint density at radius 1 is 1.15 bits per heavy atom. The van der Waals surface area contributed by atoms with Gasteiger partial charge in [-0.05, 0) is 44.9 Å². The first kappa shape index (κ1) is 18.8. The van der Waals surface area contributed by atoms with Crippen molar-refractivity contribution in [2.24, 2.45) is 7.05 Å². The number of esters is 1. The van der Waals surface area contributed by atoms with Crippen LogP contribution in [0.5, 0.6) is 0 Å². The summed E-state index contributed by atoms with van der Waals surface area (Å²) in [6.07, 6.45) is 0.612. The van der Waals surface area contributed by atoms with E-state index >= 15 is 0 Å². The number of carbonyl (C=O) groups is 2. The molecule has 0 bridgehead atoms. The van der Waals surface area contributed by atoms with E-state index in [1.54, 1.807) is 0 Å². The third-order valence-corrected chi connectivity index (χ3v) is 5.18. The molecule has 5 heteroatoms. The number of benzene rings is 1. The second kappa shape index (κ2) is 7.35. The van der Waals surface area contributed by atoms with Crippen LogP contribution in [0.1, 0.15) is 50.3 Å². The SMILES string of the molecule is CCc1nc2ccccc2c(C)c1C(=O)OCC(=O)c1cc(C)n(C)c1C. The highest BCUT2D eigenvalue weighted by molar-refractivity contribution is 6.02. The first-order valence-corrected chi connectivity index (χ1v) is 9.06. The maximum absolute atomic E-state index is 12.8. The highest BCUT2D eigenvalue weighted by Gasteiger charge is 2.21. The van der Waals surface area contributed by atoms with Gasteiger partial charge < -0.3 is 9.30 Å². The van der Waals surface area contributed by atoms with E-state index in [-0.39, 0.29) is 12.4 Å². The van der Waals surface area contributed by atoms with Crippen molar-refractivity contribution in [2.45, 2.75) is 34.1 Å². The molecule has 0 aliphatic rings. The van der Waals surface area contributed by atoms with Crippen LogP contribution in [-0.4, -0.2) is 27.9 Å². The fraction of sp³-hybridized carbons (Fsp3) is 0.318. The molecule has 27 heavy (non-hydrogen) atoms. The minimum atomic E-state index is -0.499. The third-order valence-electron chi connectivity index (χ3n) is 5.18. The van der Waals surface area contributed by atoms with Crippen LogP contribution in [0.4, 0.5) is 0 Å². The molecule has 0 saturated carbocycles. The molecular weight excluding hydrogens is 340 g/mol. The molecule has 0 aliphatic carbocycles. The van der Waals surface area contributed by atoms with Crippen molar-refractivity contribution in [1.29, 1.82) is 0 Å². The van der Waals surface area contributed by atoms with Gasteiger partial charge in [0, 0.05) is 29.4 Å². The van der Waals surface area contributed by atoms with Crippen molar-refractivity contribution in [1.82, 2.24) is 9.55 Å². The number of hydrogen-bond acceptors (Lipinski definition) is 4. The molecule has 0 saturated heterocycles. The normalized spacial score (nSPS) is 11.0. The third kappa shape index (κ3) is 3.37. The second-order valence-electron chi connectivity index (χ2n) is 6.77. The van der Waals surface area contributed by atoms with E-state index in [1.165, 1.54) is 0 Å². The van der Waals surface area contributed by atoms with Crippen LogP contribution in [0.25, 0.3) is 10.9 Å². The predicted octanol–water partition coefficient (Wildman–Crippen LogP) is 4.10. The van der Waals surface area contributed by atoms with Gasteiger partial charge in [-0.25, -0.2) is 4.79 Å². The number of ether oxygens (including phenoxy) is 1. The smallest absolute Gasteiger partial charge is 0.340 e. The zero-order valence-corrected chi connectivity index (χ0v) is 16.4. The minimum Gasteiger partial charge on any atom is -0.454 e. The number of para-hydroxylation sites is 1. The van der Waals surface area contributed by atoms with E-state index in [4.69, 9.17) is 4.74 Å². The molecule has 3 aromatic rings. The molecule has 1 aromatic carbocycles. The van der Waals surface area contributed by atoms with Crippen molar-refractivity contribution < 1.29 is 14.3 Å². The Morgan fingerprint density at radius 3 is 2.48 bits per heavy atom. The Bertz CT molecular complexity index is 1050. The van der Waals surface area contributed by atoms with Gasteiger partial charge in [0.1, 0.15) is 0 Å². The van der Waals surface area contributed by atoms with Crippen LogP contribution in [0, 0.1) is 20.8 Å². The fourth-order valence-corrected chi connectivity index (χ4v) is 3.39. The highest BCUT2D eigenvalue weighted by atomic mass is 16.5. The van der Waals surface area contributed by atoms with Gasteiger partial charge >= 0.3 is 5.97 Å². The second-order valence-corrected chi connectivity index (χ2v) is 6.77. The number of hydrogen-bond donors (Lipinski definition) is 0. The predicted molar refractivity (Wildman–Crippen MR) is 105 cm³/mol. The summed E-state index contributed by atoms with van der Waals surface area (Å²) >= 11 is 0. The lowest BCUT2D eigenvalue weighted by Crippen LogP contribution is -2.18. The van der Waals surface area contributed by atoms with Crippen molar-refractivity contribution >= 4 is 22.7 Å². The van der Waals surface area contributed by atoms with Crippen molar-refractivity contribution in [3.63, 3.8) is 0 Å². The number of Topliss-reactive ketones (excluding diaryl/α,β-unsaturated/α-hetero) is 1. The summed E-state index contributed by atoms with van der Waals surface area (Å²) in [6, 6.07) is 9.54. The average Bonchev–Trinajstić information content (AvgIpc) is 2.93. The minimum absolute atomic E-state index is 0.200. The fourth-order valence-electron chi connectivity index (χ4n) is 3.39. The van der Waals surface area contributed by atoms with Gasteiger partial charge in [-0.15, -0.1) is 0 Å². The van der Waals surface area contributed by atoms with Gasteiger partial charge in [-0.2, -0.15) is 0 Å². The van der Waals surface area contributed by atoms with Crippen LogP contribution in [-0.2, 0) is 18.2 Å². The molecule has 0 unspecified atom stereocenters. The average molecular weight is 364 g/mol. The Balaban J connectivity index is 1.87. The maximum atomic E-state index is 12.8. The molecule has 2 heterocycles. The van der Waals surface area contributed by atoms with E-state index in [1.807, 2.05) is 69.6 Å². The van der Waals surface area contributed by atoms with Gasteiger partial charge in [0.15, 0.2) is 6.61 Å². The standard InChI is InChI=1S/C22H24N2O3/c1-6-18-21(14(3)16-9-7-8-10-19(16)23-18)22(26)27-12-20(25)17-11-13(2)24(5)15(17)4/h7-11H,6,12H2,1-5H3. The van der Waals surface area contributed by atoms with Gasteiger partial charge in [-0.3, -0.25) is 9.78 Å². The van der Waals surface area contributed by atoms with E-state index in [0.29, 0.717) is 23.2 Å².